The molecule has 1 atom stereocenters. The normalized spacial score (nSPS) is 18.9. The summed E-state index contributed by atoms with van der Waals surface area (Å²) < 4.78 is 17.5. The second-order valence-electron chi connectivity index (χ2n) is 9.70. The van der Waals surface area contributed by atoms with Crippen molar-refractivity contribution in [1.82, 2.24) is 10.3 Å². The van der Waals surface area contributed by atoms with Gasteiger partial charge in [-0.3, -0.25) is 9.59 Å². The van der Waals surface area contributed by atoms with E-state index in [1.807, 2.05) is 6.92 Å². The first-order chi connectivity index (χ1) is 17.1. The lowest BCUT2D eigenvalue weighted by Gasteiger charge is -2.39. The highest BCUT2D eigenvalue weighted by Crippen LogP contribution is 2.49. The number of benzene rings is 1. The van der Waals surface area contributed by atoms with E-state index in [1.165, 1.54) is 21.3 Å². The Balaban J connectivity index is 1.89. The first-order valence-electron chi connectivity index (χ1n) is 11.6. The lowest BCUT2D eigenvalue weighted by atomic mass is 9.68. The first kappa shape index (κ1) is 25.8. The van der Waals surface area contributed by atoms with Gasteiger partial charge in [0.15, 0.2) is 17.3 Å². The Morgan fingerprint density at radius 2 is 1.78 bits per heavy atom. The molecule has 1 aromatic carbocycles. The number of nitrogens with one attached hydrogen (secondary N) is 2. The Morgan fingerprint density at radius 3 is 2.33 bits per heavy atom. The minimum absolute atomic E-state index is 0.00654. The summed E-state index contributed by atoms with van der Waals surface area (Å²) >= 11 is 3.36. The number of ether oxygens (including phenoxy) is 3. The first-order valence-corrected chi connectivity index (χ1v) is 12.3. The molecule has 2 N–H and O–H groups in total. The van der Waals surface area contributed by atoms with Crippen LogP contribution in [0.1, 0.15) is 45.1 Å². The highest BCUT2D eigenvalue weighted by Gasteiger charge is 2.43. The molecule has 1 aromatic heterocycles. The molecule has 36 heavy (non-hydrogen) atoms. The number of pyridine rings is 1. The maximum Gasteiger partial charge on any atom is 0.255 e. The standard InChI is InChI=1S/C27H30BrN3O5/c1-14-22(26(33)31-21-8-7-16(28)13-29-21)23(24-17(30-14)11-27(2,3)12-18(24)32)15-9-19(34-4)25(36-6)20(10-15)35-5/h7-10,13,23,30H,11-12H2,1-6H3,(H,29,31,33)/t23-/m0/s1. The number of hydrogen-bond acceptors (Lipinski definition) is 7. The SMILES string of the molecule is COc1cc([C@H]2C(C(=O)Nc3ccc(Br)cn3)=C(C)NC3=C2C(=O)CC(C)(C)C3)cc(OC)c1OC. The quantitative estimate of drug-likeness (QED) is 0.510. The van der Waals surface area contributed by atoms with E-state index in [9.17, 15) is 9.59 Å². The fourth-order valence-electron chi connectivity index (χ4n) is 4.97. The number of Topliss-reactive ketones (excluding diaryl/α,β-unsaturated/α-hetero) is 1. The average Bonchev–Trinajstić information content (AvgIpc) is 2.82. The molecular formula is C27H30BrN3O5. The van der Waals surface area contributed by atoms with Crippen molar-refractivity contribution >= 4 is 33.4 Å². The van der Waals surface area contributed by atoms with Crippen molar-refractivity contribution in [2.45, 2.75) is 39.5 Å². The van der Waals surface area contributed by atoms with Gasteiger partial charge in [0.05, 0.1) is 21.3 Å². The van der Waals surface area contributed by atoms with Gasteiger partial charge >= 0.3 is 0 Å². The number of allylic oxidation sites excluding steroid dienone is 3. The maximum absolute atomic E-state index is 13.7. The van der Waals surface area contributed by atoms with E-state index in [4.69, 9.17) is 14.2 Å². The number of rotatable bonds is 6. The van der Waals surface area contributed by atoms with Gasteiger partial charge in [0.1, 0.15) is 5.82 Å². The van der Waals surface area contributed by atoms with Crippen LogP contribution >= 0.6 is 15.9 Å². The van der Waals surface area contributed by atoms with Crippen LogP contribution in [0.2, 0.25) is 0 Å². The van der Waals surface area contributed by atoms with E-state index in [2.05, 4.69) is 45.4 Å². The third-order valence-corrected chi connectivity index (χ3v) is 6.94. The van der Waals surface area contributed by atoms with E-state index in [0.29, 0.717) is 58.3 Å². The molecule has 2 heterocycles. The van der Waals surface area contributed by atoms with Crippen LogP contribution in [0.5, 0.6) is 17.2 Å². The van der Waals surface area contributed by atoms with Crippen LogP contribution in [0.4, 0.5) is 5.82 Å². The van der Waals surface area contributed by atoms with E-state index in [1.54, 1.807) is 30.5 Å². The third kappa shape index (κ3) is 4.84. The molecule has 0 saturated carbocycles. The van der Waals surface area contributed by atoms with Gasteiger partial charge in [-0.1, -0.05) is 13.8 Å². The number of carbonyl (C=O) groups excluding carboxylic acids is 2. The predicted octanol–water partition coefficient (Wildman–Crippen LogP) is 5.11. The number of halogens is 1. The van der Waals surface area contributed by atoms with Crippen LogP contribution in [-0.2, 0) is 9.59 Å². The highest BCUT2D eigenvalue weighted by atomic mass is 79.9. The van der Waals surface area contributed by atoms with Crippen LogP contribution in [0.3, 0.4) is 0 Å². The third-order valence-electron chi connectivity index (χ3n) is 6.47. The minimum atomic E-state index is -0.631. The number of hydrogen-bond donors (Lipinski definition) is 2. The smallest absolute Gasteiger partial charge is 0.255 e. The summed E-state index contributed by atoms with van der Waals surface area (Å²) in [6, 6.07) is 7.11. The van der Waals surface area contributed by atoms with Gasteiger partial charge in [-0.2, -0.15) is 0 Å². The molecule has 2 aromatic rings. The van der Waals surface area contributed by atoms with E-state index >= 15 is 0 Å². The van der Waals surface area contributed by atoms with Gasteiger partial charge in [-0.05, 0) is 64.5 Å². The Kier molecular flexibility index (Phi) is 7.13. The van der Waals surface area contributed by atoms with E-state index in [0.717, 1.165) is 10.2 Å². The fourth-order valence-corrected chi connectivity index (χ4v) is 5.21. The largest absolute Gasteiger partial charge is 0.493 e. The summed E-state index contributed by atoms with van der Waals surface area (Å²) in [6.07, 6.45) is 2.69. The topological polar surface area (TPSA) is 98.8 Å². The summed E-state index contributed by atoms with van der Waals surface area (Å²) in [5, 5.41) is 6.26. The zero-order chi connectivity index (χ0) is 26.2. The zero-order valence-electron chi connectivity index (χ0n) is 21.2. The number of carbonyl (C=O) groups is 2. The molecule has 1 aliphatic heterocycles. The zero-order valence-corrected chi connectivity index (χ0v) is 22.8. The van der Waals surface area contributed by atoms with Crippen molar-refractivity contribution in [1.29, 1.82) is 0 Å². The van der Waals surface area contributed by atoms with Crippen LogP contribution in [-0.4, -0.2) is 38.0 Å². The molecule has 0 fully saturated rings. The number of aromatic nitrogens is 1. The predicted molar refractivity (Wildman–Crippen MR) is 140 cm³/mol. The van der Waals surface area contributed by atoms with Gasteiger partial charge in [0, 0.05) is 45.5 Å². The molecule has 0 radical (unpaired) electrons. The number of anilines is 1. The molecule has 2 aliphatic rings. The molecular weight excluding hydrogens is 526 g/mol. The Bertz CT molecular complexity index is 1260. The summed E-state index contributed by atoms with van der Waals surface area (Å²) in [7, 11) is 4.61. The molecule has 9 heteroatoms. The van der Waals surface area contributed by atoms with Crippen molar-refractivity contribution in [3.05, 3.63) is 63.0 Å². The van der Waals surface area contributed by atoms with E-state index in [-0.39, 0.29) is 17.1 Å². The Hall–Kier alpha value is -3.33. The number of ketones is 1. The van der Waals surface area contributed by atoms with Crippen molar-refractivity contribution in [3.63, 3.8) is 0 Å². The average molecular weight is 556 g/mol. The second kappa shape index (κ2) is 9.97. The van der Waals surface area contributed by atoms with Crippen LogP contribution in [0, 0.1) is 5.41 Å². The number of nitrogens with zero attached hydrogens (tertiary/aromatic N) is 1. The van der Waals surface area contributed by atoms with Crippen LogP contribution in [0.25, 0.3) is 0 Å². The summed E-state index contributed by atoms with van der Waals surface area (Å²) in [5.41, 5.74) is 3.03. The molecule has 4 rings (SSSR count). The monoisotopic (exact) mass is 555 g/mol. The minimum Gasteiger partial charge on any atom is -0.493 e. The number of methoxy groups -OCH3 is 3. The molecule has 1 aliphatic carbocycles. The van der Waals surface area contributed by atoms with Gasteiger partial charge in [0.2, 0.25) is 5.75 Å². The van der Waals surface area contributed by atoms with Crippen molar-refractivity contribution in [2.75, 3.05) is 26.6 Å². The molecule has 1 amide bonds. The lowest BCUT2D eigenvalue weighted by molar-refractivity contribution is -0.118. The Labute approximate surface area is 219 Å². The van der Waals surface area contributed by atoms with Gasteiger partial charge in [-0.15, -0.1) is 0 Å². The molecule has 0 spiro atoms. The molecule has 0 unspecified atom stereocenters. The molecule has 190 valence electrons. The molecule has 8 nitrogen and oxygen atoms in total. The number of amides is 1. The Morgan fingerprint density at radius 1 is 1.11 bits per heavy atom. The van der Waals surface area contributed by atoms with E-state index < -0.39 is 5.92 Å². The molecule has 0 saturated heterocycles. The van der Waals surface area contributed by atoms with Gasteiger partial charge in [-0.25, -0.2) is 4.98 Å². The number of dihydropyridines is 1. The summed E-state index contributed by atoms with van der Waals surface area (Å²) in [6.45, 7) is 6.00. The van der Waals surface area contributed by atoms with Gasteiger partial charge in [0.25, 0.3) is 5.91 Å². The fraction of sp³-hybridized carbons (Fsp3) is 0.370. The van der Waals surface area contributed by atoms with Crippen LogP contribution < -0.4 is 24.8 Å². The van der Waals surface area contributed by atoms with Gasteiger partial charge < -0.3 is 24.8 Å². The van der Waals surface area contributed by atoms with Crippen molar-refractivity contribution < 1.29 is 23.8 Å². The lowest BCUT2D eigenvalue weighted by Crippen LogP contribution is -2.39. The van der Waals surface area contributed by atoms with Crippen LogP contribution in [0.15, 0.2) is 57.5 Å². The summed E-state index contributed by atoms with van der Waals surface area (Å²) in [4.78, 5) is 31.6. The van der Waals surface area contributed by atoms with Crippen molar-refractivity contribution in [3.8, 4) is 17.2 Å². The molecule has 0 bridgehead atoms. The summed E-state index contributed by atoms with van der Waals surface area (Å²) in [5.74, 6) is 0.766. The maximum atomic E-state index is 13.7. The second-order valence-corrected chi connectivity index (χ2v) is 10.6. The highest BCUT2D eigenvalue weighted by molar-refractivity contribution is 9.10. The van der Waals surface area contributed by atoms with Crippen molar-refractivity contribution in [2.24, 2.45) is 5.41 Å².